The fourth-order valence-electron chi connectivity index (χ4n) is 1.68. The average Bonchev–Trinajstić information content (AvgIpc) is 2.35. The highest BCUT2D eigenvalue weighted by Gasteiger charge is 2.11. The molecule has 17 heavy (non-hydrogen) atoms. The molecule has 0 fully saturated rings. The fraction of sp³-hybridized carbons (Fsp3) is 0.462. The molecule has 0 saturated heterocycles. The molecule has 0 radical (unpaired) electrons. The number of carbonyl (C=O) groups excluding carboxylic acids is 1. The van der Waals surface area contributed by atoms with E-state index in [1.807, 2.05) is 13.8 Å². The van der Waals surface area contributed by atoms with E-state index in [4.69, 9.17) is 0 Å². The maximum absolute atomic E-state index is 11.4. The first-order chi connectivity index (χ1) is 8.04. The van der Waals surface area contributed by atoms with Gasteiger partial charge < -0.3 is 0 Å². The predicted octanol–water partition coefficient (Wildman–Crippen LogP) is 3.14. The first-order valence-electron chi connectivity index (χ1n) is 5.80. The number of rotatable bonds is 6. The number of nitrogens with zero attached hydrogens (tertiary/aromatic N) is 1. The third kappa shape index (κ3) is 3.98. The molecule has 0 aliphatic carbocycles. The number of Topliss-reactive ketones (excluding diaryl/α,β-unsaturated/α-hetero) is 1. The summed E-state index contributed by atoms with van der Waals surface area (Å²) in [5.41, 5.74) is 1.14. The summed E-state index contributed by atoms with van der Waals surface area (Å²) in [6, 6.07) is 6.51. The van der Waals surface area contributed by atoms with Gasteiger partial charge in [0.25, 0.3) is 5.69 Å². The summed E-state index contributed by atoms with van der Waals surface area (Å²) in [5, 5.41) is 10.5. The van der Waals surface area contributed by atoms with Gasteiger partial charge in [-0.3, -0.25) is 14.9 Å². The Bertz CT molecular complexity index is 398. The van der Waals surface area contributed by atoms with Gasteiger partial charge in [-0.05, 0) is 18.4 Å². The second kappa shape index (κ2) is 6.13. The molecule has 1 atom stereocenters. The van der Waals surface area contributed by atoms with E-state index in [2.05, 4.69) is 0 Å². The number of nitro benzene ring substituents is 1. The molecule has 0 aliphatic heterocycles. The zero-order valence-corrected chi connectivity index (χ0v) is 10.2. The maximum Gasteiger partial charge on any atom is 0.269 e. The lowest BCUT2D eigenvalue weighted by molar-refractivity contribution is -0.384. The molecule has 0 heterocycles. The first kappa shape index (κ1) is 13.4. The van der Waals surface area contributed by atoms with Gasteiger partial charge >= 0.3 is 0 Å². The number of ketones is 1. The highest BCUT2D eigenvalue weighted by atomic mass is 16.6. The normalized spacial score (nSPS) is 12.1. The van der Waals surface area contributed by atoms with Crippen LogP contribution in [-0.2, 0) is 11.2 Å². The zero-order chi connectivity index (χ0) is 12.8. The molecule has 0 bridgehead atoms. The van der Waals surface area contributed by atoms with E-state index in [9.17, 15) is 14.9 Å². The van der Waals surface area contributed by atoms with E-state index in [0.29, 0.717) is 6.42 Å². The summed E-state index contributed by atoms with van der Waals surface area (Å²) in [4.78, 5) is 21.4. The minimum atomic E-state index is -0.410. The lowest BCUT2D eigenvalue weighted by Gasteiger charge is -2.08. The summed E-state index contributed by atoms with van der Waals surface area (Å²) in [6.07, 6.45) is 2.15. The summed E-state index contributed by atoms with van der Waals surface area (Å²) >= 11 is 0. The Morgan fingerprint density at radius 1 is 1.35 bits per heavy atom. The molecule has 0 aromatic heterocycles. The van der Waals surface area contributed by atoms with Gasteiger partial charge in [0.15, 0.2) is 0 Å². The van der Waals surface area contributed by atoms with Crippen LogP contribution in [0.1, 0.15) is 32.3 Å². The highest BCUT2D eigenvalue weighted by Crippen LogP contribution is 2.15. The summed E-state index contributed by atoms with van der Waals surface area (Å²) in [5.74, 6) is 0.335. The van der Waals surface area contributed by atoms with Crippen LogP contribution in [-0.4, -0.2) is 10.7 Å². The molecule has 1 rings (SSSR count). The molecule has 0 amide bonds. The Balaban J connectivity index is 2.53. The van der Waals surface area contributed by atoms with E-state index in [1.165, 1.54) is 12.1 Å². The van der Waals surface area contributed by atoms with Gasteiger partial charge in [0.2, 0.25) is 0 Å². The summed E-state index contributed by atoms with van der Waals surface area (Å²) < 4.78 is 0. The SMILES string of the molecule is CCC(=O)C(C)CCc1ccc([N+](=O)[O-])cc1. The lowest BCUT2D eigenvalue weighted by atomic mass is 9.96. The monoisotopic (exact) mass is 235 g/mol. The third-order valence-electron chi connectivity index (χ3n) is 2.91. The standard InChI is InChI=1S/C13H17NO3/c1-3-13(15)10(2)4-5-11-6-8-12(9-7-11)14(16)17/h6-10H,3-5H2,1-2H3. The average molecular weight is 235 g/mol. The van der Waals surface area contributed by atoms with Crippen LogP contribution in [0.5, 0.6) is 0 Å². The van der Waals surface area contributed by atoms with Crippen molar-refractivity contribution in [3.05, 3.63) is 39.9 Å². The van der Waals surface area contributed by atoms with E-state index in [0.717, 1.165) is 18.4 Å². The van der Waals surface area contributed by atoms with Crippen LogP contribution in [0.15, 0.2) is 24.3 Å². The van der Waals surface area contributed by atoms with Crippen molar-refractivity contribution in [3.8, 4) is 0 Å². The molecule has 1 aromatic rings. The van der Waals surface area contributed by atoms with Crippen molar-refractivity contribution in [1.29, 1.82) is 0 Å². The third-order valence-corrected chi connectivity index (χ3v) is 2.91. The molecule has 0 saturated carbocycles. The molecule has 4 heteroatoms. The summed E-state index contributed by atoms with van der Waals surface area (Å²) in [6.45, 7) is 3.79. The van der Waals surface area contributed by atoms with Crippen LogP contribution in [0.3, 0.4) is 0 Å². The van der Waals surface area contributed by atoms with Gasteiger partial charge in [-0.2, -0.15) is 0 Å². The minimum Gasteiger partial charge on any atom is -0.299 e. The van der Waals surface area contributed by atoms with E-state index < -0.39 is 4.92 Å². The minimum absolute atomic E-state index is 0.0650. The number of hydrogen-bond donors (Lipinski definition) is 0. The zero-order valence-electron chi connectivity index (χ0n) is 10.2. The van der Waals surface area contributed by atoms with Gasteiger partial charge in [-0.15, -0.1) is 0 Å². The molecule has 1 unspecified atom stereocenters. The predicted molar refractivity (Wildman–Crippen MR) is 65.9 cm³/mol. The van der Waals surface area contributed by atoms with Crippen molar-refractivity contribution in [2.45, 2.75) is 33.1 Å². The molecule has 4 nitrogen and oxygen atoms in total. The molecular weight excluding hydrogens is 218 g/mol. The first-order valence-corrected chi connectivity index (χ1v) is 5.80. The van der Waals surface area contributed by atoms with E-state index in [-0.39, 0.29) is 17.4 Å². The van der Waals surface area contributed by atoms with Crippen molar-refractivity contribution in [2.75, 3.05) is 0 Å². The molecule has 0 N–H and O–H groups in total. The Labute approximate surface area is 101 Å². The number of carbonyl (C=O) groups is 1. The number of nitro groups is 1. The topological polar surface area (TPSA) is 60.2 Å². The Kier molecular flexibility index (Phi) is 4.82. The van der Waals surface area contributed by atoms with Crippen LogP contribution in [0.25, 0.3) is 0 Å². The number of hydrogen-bond acceptors (Lipinski definition) is 3. The largest absolute Gasteiger partial charge is 0.299 e. The van der Waals surface area contributed by atoms with Gasteiger partial charge in [0, 0.05) is 24.5 Å². The smallest absolute Gasteiger partial charge is 0.269 e. The number of benzene rings is 1. The molecule has 0 aliphatic rings. The highest BCUT2D eigenvalue weighted by molar-refractivity contribution is 5.80. The molecular formula is C13H17NO3. The Morgan fingerprint density at radius 3 is 2.41 bits per heavy atom. The van der Waals surface area contributed by atoms with Crippen LogP contribution in [0.4, 0.5) is 5.69 Å². The fourth-order valence-corrected chi connectivity index (χ4v) is 1.68. The van der Waals surface area contributed by atoms with Crippen molar-refractivity contribution >= 4 is 11.5 Å². The van der Waals surface area contributed by atoms with E-state index in [1.54, 1.807) is 12.1 Å². The lowest BCUT2D eigenvalue weighted by Crippen LogP contribution is -2.10. The van der Waals surface area contributed by atoms with Crippen LogP contribution < -0.4 is 0 Å². The quantitative estimate of drug-likeness (QED) is 0.562. The molecule has 92 valence electrons. The van der Waals surface area contributed by atoms with Crippen molar-refractivity contribution in [3.63, 3.8) is 0 Å². The van der Waals surface area contributed by atoms with Crippen LogP contribution >= 0.6 is 0 Å². The van der Waals surface area contributed by atoms with Crippen LogP contribution in [0, 0.1) is 16.0 Å². The van der Waals surface area contributed by atoms with Gasteiger partial charge in [-0.1, -0.05) is 26.0 Å². The van der Waals surface area contributed by atoms with Crippen molar-refractivity contribution in [1.82, 2.24) is 0 Å². The number of non-ortho nitro benzene ring substituents is 1. The van der Waals surface area contributed by atoms with Gasteiger partial charge in [0.05, 0.1) is 4.92 Å². The van der Waals surface area contributed by atoms with Gasteiger partial charge in [-0.25, -0.2) is 0 Å². The summed E-state index contributed by atoms with van der Waals surface area (Å²) in [7, 11) is 0. The van der Waals surface area contributed by atoms with Crippen molar-refractivity contribution < 1.29 is 9.72 Å². The van der Waals surface area contributed by atoms with E-state index >= 15 is 0 Å². The van der Waals surface area contributed by atoms with Crippen molar-refractivity contribution in [2.24, 2.45) is 5.92 Å². The Morgan fingerprint density at radius 2 is 1.94 bits per heavy atom. The number of aryl methyl sites for hydroxylation is 1. The molecule has 1 aromatic carbocycles. The second-order valence-electron chi connectivity index (χ2n) is 4.18. The second-order valence-corrected chi connectivity index (χ2v) is 4.18. The Hall–Kier alpha value is -1.71. The van der Waals surface area contributed by atoms with Crippen LogP contribution in [0.2, 0.25) is 0 Å². The molecule has 0 spiro atoms. The maximum atomic E-state index is 11.4. The van der Waals surface area contributed by atoms with Gasteiger partial charge in [0.1, 0.15) is 5.78 Å².